The molecule has 0 radical (unpaired) electrons. The fourth-order valence-electron chi connectivity index (χ4n) is 2.76. The lowest BCUT2D eigenvalue weighted by atomic mass is 10.1. The van der Waals surface area contributed by atoms with Crippen molar-refractivity contribution in [2.24, 2.45) is 11.8 Å². The third kappa shape index (κ3) is 6.73. The minimum atomic E-state index is -0.572. The summed E-state index contributed by atoms with van der Waals surface area (Å²) in [5.74, 6) is 1.24. The second kappa shape index (κ2) is 10.7. The van der Waals surface area contributed by atoms with Gasteiger partial charge in [-0.15, -0.1) is 0 Å². The molecule has 1 aromatic carbocycles. The van der Waals surface area contributed by atoms with E-state index < -0.39 is 11.9 Å². The molecule has 0 aliphatic heterocycles. The molecule has 0 unspecified atom stereocenters. The molecule has 0 aliphatic rings. The quantitative estimate of drug-likeness (QED) is 0.429. The summed E-state index contributed by atoms with van der Waals surface area (Å²) in [5, 5.41) is 7.69. The smallest absolute Gasteiger partial charge is 0.338 e. The number of hydrogen-bond acceptors (Lipinski definition) is 10. The van der Waals surface area contributed by atoms with Crippen LogP contribution in [0.4, 0.5) is 0 Å². The Bertz CT molecular complexity index is 956. The Labute approximate surface area is 185 Å². The Balaban J connectivity index is 1.48. The monoisotopic (exact) mass is 442 g/mol. The van der Waals surface area contributed by atoms with Crippen molar-refractivity contribution in [3.05, 3.63) is 58.8 Å². The molecule has 10 heteroatoms. The van der Waals surface area contributed by atoms with Gasteiger partial charge in [0.2, 0.25) is 0 Å². The number of nitrogens with zero attached hydrogens (tertiary/aromatic N) is 4. The molecule has 0 saturated heterocycles. The average Bonchev–Trinajstić information content (AvgIpc) is 3.38. The van der Waals surface area contributed by atoms with Gasteiger partial charge >= 0.3 is 11.9 Å². The van der Waals surface area contributed by atoms with E-state index in [9.17, 15) is 9.59 Å². The third-order valence-corrected chi connectivity index (χ3v) is 4.21. The topological polar surface area (TPSA) is 130 Å². The second-order valence-electron chi connectivity index (χ2n) is 8.13. The Hall–Kier alpha value is -3.56. The van der Waals surface area contributed by atoms with Crippen LogP contribution in [0.5, 0.6) is 0 Å². The van der Waals surface area contributed by atoms with Gasteiger partial charge < -0.3 is 18.5 Å². The summed E-state index contributed by atoms with van der Waals surface area (Å²) < 4.78 is 20.5. The maximum absolute atomic E-state index is 12.2. The van der Waals surface area contributed by atoms with Gasteiger partial charge in [0.1, 0.15) is 0 Å². The lowest BCUT2D eigenvalue weighted by molar-refractivity contribution is 0.0417. The molecule has 0 saturated carbocycles. The molecule has 0 atom stereocenters. The minimum absolute atomic E-state index is 0.128. The Morgan fingerprint density at radius 3 is 1.47 bits per heavy atom. The number of ether oxygens (including phenoxy) is 2. The van der Waals surface area contributed by atoms with Gasteiger partial charge in [-0.25, -0.2) is 9.59 Å². The fraction of sp³-hybridized carbons (Fsp3) is 0.455. The lowest BCUT2D eigenvalue weighted by Crippen LogP contribution is -2.08. The average molecular weight is 442 g/mol. The summed E-state index contributed by atoms with van der Waals surface area (Å²) >= 11 is 0. The molecule has 0 fully saturated rings. The van der Waals surface area contributed by atoms with Crippen LogP contribution in [0.15, 0.2) is 33.3 Å². The van der Waals surface area contributed by atoms with Crippen LogP contribution in [-0.4, -0.2) is 32.2 Å². The van der Waals surface area contributed by atoms with Crippen molar-refractivity contribution in [3.8, 4) is 0 Å². The molecule has 0 aliphatic carbocycles. The molecule has 170 valence electrons. The molecule has 32 heavy (non-hydrogen) atoms. The van der Waals surface area contributed by atoms with Gasteiger partial charge in [-0.05, 0) is 36.1 Å². The highest BCUT2D eigenvalue weighted by atomic mass is 16.6. The minimum Gasteiger partial charge on any atom is -0.452 e. The van der Waals surface area contributed by atoms with Gasteiger partial charge in [0.25, 0.3) is 11.8 Å². The first-order valence-corrected chi connectivity index (χ1v) is 10.4. The van der Waals surface area contributed by atoms with Crippen LogP contribution in [0.2, 0.25) is 0 Å². The van der Waals surface area contributed by atoms with Crippen LogP contribution in [0, 0.1) is 11.8 Å². The third-order valence-electron chi connectivity index (χ3n) is 4.21. The van der Waals surface area contributed by atoms with E-state index in [1.807, 2.05) is 27.7 Å². The molecule has 0 amide bonds. The van der Waals surface area contributed by atoms with Gasteiger partial charge in [0.05, 0.1) is 11.1 Å². The highest BCUT2D eigenvalue weighted by molar-refractivity contribution is 5.93. The van der Waals surface area contributed by atoms with E-state index in [0.29, 0.717) is 36.3 Å². The van der Waals surface area contributed by atoms with Gasteiger partial charge in [0, 0.05) is 12.8 Å². The summed E-state index contributed by atoms with van der Waals surface area (Å²) in [5.41, 5.74) is 0.553. The first kappa shape index (κ1) is 23.1. The van der Waals surface area contributed by atoms with Crippen LogP contribution < -0.4 is 0 Å². The zero-order valence-corrected chi connectivity index (χ0v) is 18.5. The van der Waals surface area contributed by atoms with E-state index in [2.05, 4.69) is 20.3 Å². The van der Waals surface area contributed by atoms with E-state index in [1.54, 1.807) is 0 Å². The van der Waals surface area contributed by atoms with Crippen LogP contribution in [0.1, 0.15) is 71.8 Å². The van der Waals surface area contributed by atoms with Crippen molar-refractivity contribution in [1.29, 1.82) is 0 Å². The van der Waals surface area contributed by atoms with E-state index in [1.165, 1.54) is 24.3 Å². The summed E-state index contributed by atoms with van der Waals surface area (Å²) in [7, 11) is 0. The Kier molecular flexibility index (Phi) is 7.69. The number of benzene rings is 1. The van der Waals surface area contributed by atoms with Crippen molar-refractivity contribution in [2.45, 2.75) is 53.8 Å². The Morgan fingerprint density at radius 1 is 0.750 bits per heavy atom. The van der Waals surface area contributed by atoms with Gasteiger partial charge in [-0.1, -0.05) is 38.0 Å². The van der Waals surface area contributed by atoms with Gasteiger partial charge in [-0.3, -0.25) is 0 Å². The summed E-state index contributed by atoms with van der Waals surface area (Å²) in [6, 6.07) is 5.91. The lowest BCUT2D eigenvalue weighted by Gasteiger charge is -2.04. The van der Waals surface area contributed by atoms with Gasteiger partial charge in [0.15, 0.2) is 24.9 Å². The van der Waals surface area contributed by atoms with Crippen LogP contribution >= 0.6 is 0 Å². The zero-order chi connectivity index (χ0) is 23.1. The number of esters is 2. The number of hydrogen-bond donors (Lipinski definition) is 0. The molecule has 10 nitrogen and oxygen atoms in total. The van der Waals surface area contributed by atoms with Crippen molar-refractivity contribution in [3.63, 3.8) is 0 Å². The van der Waals surface area contributed by atoms with Crippen LogP contribution in [0.25, 0.3) is 0 Å². The maximum Gasteiger partial charge on any atom is 0.338 e. The van der Waals surface area contributed by atoms with E-state index in [-0.39, 0.29) is 36.1 Å². The number of rotatable bonds is 10. The molecule has 3 rings (SSSR count). The number of aromatic nitrogens is 4. The molecule has 2 heterocycles. The van der Waals surface area contributed by atoms with Crippen molar-refractivity contribution in [2.75, 3.05) is 0 Å². The summed E-state index contributed by atoms with van der Waals surface area (Å²) in [6.07, 6.45) is 1.36. The molecular weight excluding hydrogens is 416 g/mol. The van der Waals surface area contributed by atoms with Crippen LogP contribution in [0.3, 0.4) is 0 Å². The molecule has 3 aromatic rings. The van der Waals surface area contributed by atoms with Gasteiger partial charge in [-0.2, -0.15) is 9.97 Å². The first-order chi connectivity index (χ1) is 15.3. The summed E-state index contributed by atoms with van der Waals surface area (Å²) in [6.45, 7) is 7.93. The normalized spacial score (nSPS) is 11.2. The molecule has 0 bridgehead atoms. The largest absolute Gasteiger partial charge is 0.452 e. The fourth-order valence-corrected chi connectivity index (χ4v) is 2.76. The van der Waals surface area contributed by atoms with E-state index in [4.69, 9.17) is 18.5 Å². The van der Waals surface area contributed by atoms with Crippen molar-refractivity contribution < 1.29 is 28.1 Å². The van der Waals surface area contributed by atoms with Crippen LogP contribution in [-0.2, 0) is 35.5 Å². The SMILES string of the molecule is CC(C)Cc1noc(COC(=O)c2ccc(C(=O)OCc3nc(CC(C)C)no3)cc2)n1. The second-order valence-corrected chi connectivity index (χ2v) is 8.13. The Morgan fingerprint density at radius 2 is 1.12 bits per heavy atom. The van der Waals surface area contributed by atoms with E-state index in [0.717, 1.165) is 0 Å². The zero-order valence-electron chi connectivity index (χ0n) is 18.5. The van der Waals surface area contributed by atoms with Crippen molar-refractivity contribution in [1.82, 2.24) is 20.3 Å². The van der Waals surface area contributed by atoms with E-state index >= 15 is 0 Å². The molecule has 0 spiro atoms. The predicted octanol–water partition coefficient (Wildman–Crippen LogP) is 3.56. The maximum atomic E-state index is 12.2. The molecule has 2 aromatic heterocycles. The summed E-state index contributed by atoms with van der Waals surface area (Å²) in [4.78, 5) is 32.8. The number of carbonyl (C=O) groups excluding carboxylic acids is 2. The predicted molar refractivity (Wildman–Crippen MR) is 110 cm³/mol. The number of carbonyl (C=O) groups is 2. The highest BCUT2D eigenvalue weighted by Crippen LogP contribution is 2.11. The molecule has 0 N–H and O–H groups in total. The molecular formula is C22H26N4O6. The highest BCUT2D eigenvalue weighted by Gasteiger charge is 2.15. The standard InChI is InChI=1S/C22H26N4O6/c1-13(2)9-17-23-19(31-25-17)11-29-21(27)15-5-7-16(8-6-15)22(28)30-12-20-24-18(26-32-20)10-14(3)4/h5-8,13-14H,9-12H2,1-4H3. The first-order valence-electron chi connectivity index (χ1n) is 10.4. The van der Waals surface area contributed by atoms with Crippen molar-refractivity contribution >= 4 is 11.9 Å².